The number of piperidine rings is 1. The highest BCUT2D eigenvalue weighted by Crippen LogP contribution is 2.37. The van der Waals surface area contributed by atoms with Crippen molar-refractivity contribution < 1.29 is 19.1 Å². The zero-order valence-electron chi connectivity index (χ0n) is 21.0. The largest absolute Gasteiger partial charge is 0.482 e. The Kier molecular flexibility index (Phi) is 9.15. The maximum Gasteiger partial charge on any atom is 0.344 e. The topological polar surface area (TPSA) is 55.8 Å². The minimum atomic E-state index is -0.370. The van der Waals surface area contributed by atoms with Gasteiger partial charge in [0.15, 0.2) is 6.61 Å². The summed E-state index contributed by atoms with van der Waals surface area (Å²) in [5.41, 5.74) is 3.74. The van der Waals surface area contributed by atoms with Crippen LogP contribution in [0.25, 0.3) is 0 Å². The van der Waals surface area contributed by atoms with Crippen LogP contribution in [0.4, 0.5) is 0 Å². The fraction of sp³-hybridized carbons (Fsp3) is 0.355. The quantitative estimate of drug-likeness (QED) is 0.330. The first-order valence-electron chi connectivity index (χ1n) is 12.9. The number of rotatable bonds is 11. The van der Waals surface area contributed by atoms with E-state index in [4.69, 9.17) is 9.47 Å². The van der Waals surface area contributed by atoms with Gasteiger partial charge in [-0.2, -0.15) is 0 Å². The van der Waals surface area contributed by atoms with Gasteiger partial charge in [0, 0.05) is 25.4 Å². The van der Waals surface area contributed by atoms with Gasteiger partial charge in [-0.15, -0.1) is 0 Å². The van der Waals surface area contributed by atoms with Gasteiger partial charge in [-0.3, -0.25) is 4.79 Å². The predicted octanol–water partition coefficient (Wildman–Crippen LogP) is 5.63. The second-order valence-corrected chi connectivity index (χ2v) is 9.28. The number of likely N-dealkylation sites (tertiary alicyclic amines) is 1. The fourth-order valence-electron chi connectivity index (χ4n) is 5.10. The van der Waals surface area contributed by atoms with Crippen molar-refractivity contribution in [3.8, 4) is 5.75 Å². The molecule has 1 atom stereocenters. The third-order valence-electron chi connectivity index (χ3n) is 6.78. The van der Waals surface area contributed by atoms with Gasteiger partial charge >= 0.3 is 5.97 Å². The highest BCUT2D eigenvalue weighted by molar-refractivity contribution is 5.77. The number of ether oxygens (including phenoxy) is 2. The van der Waals surface area contributed by atoms with Gasteiger partial charge in [0.25, 0.3) is 0 Å². The molecule has 1 aliphatic rings. The maximum absolute atomic E-state index is 12.8. The van der Waals surface area contributed by atoms with Crippen molar-refractivity contribution in [1.82, 2.24) is 4.90 Å². The molecule has 4 rings (SSSR count). The predicted molar refractivity (Wildman–Crippen MR) is 141 cm³/mol. The summed E-state index contributed by atoms with van der Waals surface area (Å²) in [4.78, 5) is 26.4. The van der Waals surface area contributed by atoms with E-state index in [1.54, 1.807) is 6.92 Å². The molecule has 0 radical (unpaired) electrons. The molecule has 3 aromatic rings. The molecule has 0 spiro atoms. The Hall–Kier alpha value is -3.60. The van der Waals surface area contributed by atoms with E-state index < -0.39 is 0 Å². The third kappa shape index (κ3) is 6.97. The van der Waals surface area contributed by atoms with Crippen molar-refractivity contribution >= 4 is 11.9 Å². The fourth-order valence-corrected chi connectivity index (χ4v) is 5.10. The summed E-state index contributed by atoms with van der Waals surface area (Å²) in [7, 11) is 0. The number of carbonyl (C=O) groups is 2. The zero-order chi connectivity index (χ0) is 25.2. The molecule has 1 fully saturated rings. The second kappa shape index (κ2) is 12.9. The van der Waals surface area contributed by atoms with Crippen LogP contribution in [-0.2, 0) is 20.7 Å². The summed E-state index contributed by atoms with van der Waals surface area (Å²) in [5, 5.41) is 0. The Balaban J connectivity index is 1.36. The van der Waals surface area contributed by atoms with E-state index in [0.717, 1.165) is 37.9 Å². The molecule has 1 heterocycles. The lowest BCUT2D eigenvalue weighted by Crippen LogP contribution is -2.42. The van der Waals surface area contributed by atoms with Gasteiger partial charge in [-0.1, -0.05) is 72.8 Å². The van der Waals surface area contributed by atoms with Crippen molar-refractivity contribution in [3.05, 3.63) is 102 Å². The number of amides is 1. The molecule has 5 nitrogen and oxygen atoms in total. The van der Waals surface area contributed by atoms with Crippen molar-refractivity contribution in [3.63, 3.8) is 0 Å². The Morgan fingerprint density at radius 1 is 0.972 bits per heavy atom. The summed E-state index contributed by atoms with van der Waals surface area (Å²) in [6.45, 7) is 3.54. The summed E-state index contributed by atoms with van der Waals surface area (Å²) < 4.78 is 10.5. The Labute approximate surface area is 214 Å². The number of aryl methyl sites for hydroxylation is 1. The molecule has 0 aliphatic carbocycles. The van der Waals surface area contributed by atoms with Crippen molar-refractivity contribution in [2.45, 2.75) is 38.5 Å². The molecule has 5 heteroatoms. The van der Waals surface area contributed by atoms with Crippen molar-refractivity contribution in [1.29, 1.82) is 0 Å². The van der Waals surface area contributed by atoms with Crippen LogP contribution in [0, 0.1) is 5.92 Å². The molecular formula is C31H35NO4. The Morgan fingerprint density at radius 2 is 1.67 bits per heavy atom. The third-order valence-corrected chi connectivity index (χ3v) is 6.78. The molecule has 36 heavy (non-hydrogen) atoms. The standard InChI is InChI=1S/C31H35NO4/c1-2-35-30(34)23-36-28-17-9-11-24(21-28)12-10-20-32-22-27(18-19-29(32)33)31(25-13-5-3-6-14-25)26-15-7-4-8-16-26/h3-9,11,13-17,21,27,31H,2,10,12,18-20,22-23H2,1H3. The van der Waals surface area contributed by atoms with Crippen LogP contribution in [0.5, 0.6) is 5.75 Å². The van der Waals surface area contributed by atoms with Gasteiger partial charge < -0.3 is 14.4 Å². The van der Waals surface area contributed by atoms with Crippen LogP contribution in [-0.4, -0.2) is 43.1 Å². The molecule has 0 saturated carbocycles. The molecule has 3 aromatic carbocycles. The minimum absolute atomic E-state index is 0.0923. The average molecular weight is 486 g/mol. The van der Waals surface area contributed by atoms with E-state index in [0.29, 0.717) is 24.7 Å². The van der Waals surface area contributed by atoms with E-state index in [1.165, 1.54) is 11.1 Å². The van der Waals surface area contributed by atoms with Crippen LogP contribution in [0.2, 0.25) is 0 Å². The molecule has 1 saturated heterocycles. The minimum Gasteiger partial charge on any atom is -0.482 e. The number of carbonyl (C=O) groups excluding carboxylic acids is 2. The number of esters is 1. The number of hydrogen-bond donors (Lipinski definition) is 0. The first kappa shape index (κ1) is 25.5. The van der Waals surface area contributed by atoms with Gasteiger partial charge in [-0.05, 0) is 60.9 Å². The summed E-state index contributed by atoms with van der Waals surface area (Å²) in [6, 6.07) is 29.1. The first-order valence-corrected chi connectivity index (χ1v) is 12.9. The lowest BCUT2D eigenvalue weighted by molar-refractivity contribution is -0.145. The van der Waals surface area contributed by atoms with Crippen LogP contribution >= 0.6 is 0 Å². The molecule has 0 bridgehead atoms. The first-order chi connectivity index (χ1) is 17.6. The van der Waals surface area contributed by atoms with Crippen LogP contribution in [0.15, 0.2) is 84.9 Å². The molecule has 1 aliphatic heterocycles. The lowest BCUT2D eigenvalue weighted by Gasteiger charge is -2.37. The van der Waals surface area contributed by atoms with Crippen LogP contribution in [0.3, 0.4) is 0 Å². The molecule has 1 amide bonds. The smallest absolute Gasteiger partial charge is 0.344 e. The number of benzene rings is 3. The SMILES string of the molecule is CCOC(=O)COc1cccc(CCCN2CC(C(c3ccccc3)c3ccccc3)CCC2=O)c1. The monoisotopic (exact) mass is 485 g/mol. The molecule has 1 unspecified atom stereocenters. The second-order valence-electron chi connectivity index (χ2n) is 9.28. The van der Waals surface area contributed by atoms with E-state index in [-0.39, 0.29) is 24.4 Å². The van der Waals surface area contributed by atoms with Gasteiger partial charge in [0.05, 0.1) is 6.61 Å². The number of nitrogens with zero attached hydrogens (tertiary/aromatic N) is 1. The average Bonchev–Trinajstić information content (AvgIpc) is 2.91. The van der Waals surface area contributed by atoms with Gasteiger partial charge in [-0.25, -0.2) is 4.79 Å². The van der Waals surface area contributed by atoms with E-state index in [9.17, 15) is 9.59 Å². The molecule has 0 N–H and O–H groups in total. The van der Waals surface area contributed by atoms with Crippen molar-refractivity contribution in [2.75, 3.05) is 26.3 Å². The number of hydrogen-bond acceptors (Lipinski definition) is 4. The normalized spacial score (nSPS) is 15.7. The molecular weight excluding hydrogens is 450 g/mol. The zero-order valence-corrected chi connectivity index (χ0v) is 21.0. The van der Waals surface area contributed by atoms with Gasteiger partial charge in [0.2, 0.25) is 5.91 Å². The van der Waals surface area contributed by atoms with Crippen LogP contribution in [0.1, 0.15) is 48.8 Å². The maximum atomic E-state index is 12.8. The van der Waals surface area contributed by atoms with E-state index in [2.05, 4.69) is 66.7 Å². The van der Waals surface area contributed by atoms with Crippen LogP contribution < -0.4 is 4.74 Å². The Morgan fingerprint density at radius 3 is 2.33 bits per heavy atom. The highest BCUT2D eigenvalue weighted by Gasteiger charge is 2.32. The summed E-state index contributed by atoms with van der Waals surface area (Å²) >= 11 is 0. The molecule has 0 aromatic heterocycles. The van der Waals surface area contributed by atoms with E-state index in [1.807, 2.05) is 23.1 Å². The van der Waals surface area contributed by atoms with E-state index >= 15 is 0 Å². The lowest BCUT2D eigenvalue weighted by atomic mass is 9.77. The highest BCUT2D eigenvalue weighted by atomic mass is 16.6. The summed E-state index contributed by atoms with van der Waals surface area (Å²) in [6.07, 6.45) is 3.22. The molecule has 188 valence electrons. The van der Waals surface area contributed by atoms with Gasteiger partial charge in [0.1, 0.15) is 5.75 Å². The Bertz CT molecular complexity index is 1080. The summed E-state index contributed by atoms with van der Waals surface area (Å²) in [5.74, 6) is 1.19. The van der Waals surface area contributed by atoms with Crippen molar-refractivity contribution in [2.24, 2.45) is 5.92 Å².